The third-order valence-corrected chi connectivity index (χ3v) is 4.89. The molecule has 1 rings (SSSR count). The second kappa shape index (κ2) is 5.25. The van der Waals surface area contributed by atoms with Gasteiger partial charge in [-0.2, -0.15) is 4.31 Å². The first-order chi connectivity index (χ1) is 7.80. The van der Waals surface area contributed by atoms with E-state index in [9.17, 15) is 8.42 Å². The van der Waals surface area contributed by atoms with Gasteiger partial charge in [0.05, 0.1) is 5.69 Å². The van der Waals surface area contributed by atoms with Crippen LogP contribution in [0.2, 0.25) is 5.02 Å². The van der Waals surface area contributed by atoms with E-state index in [2.05, 4.69) is 0 Å². The molecule has 0 aliphatic carbocycles. The number of rotatable bonds is 4. The second-order valence-electron chi connectivity index (χ2n) is 3.98. The monoisotopic (exact) mass is 276 g/mol. The molecule has 0 saturated heterocycles. The molecule has 1 aromatic rings. The number of sulfonamides is 1. The number of hydrogen-bond donors (Lipinski definition) is 1. The van der Waals surface area contributed by atoms with Crippen molar-refractivity contribution in [3.05, 3.63) is 23.2 Å². The Balaban J connectivity index is 3.35. The minimum Gasteiger partial charge on any atom is -0.398 e. The van der Waals surface area contributed by atoms with Crippen LogP contribution >= 0.6 is 11.6 Å². The number of hydrogen-bond acceptors (Lipinski definition) is 3. The van der Waals surface area contributed by atoms with Crippen LogP contribution in [-0.2, 0) is 10.0 Å². The molecule has 0 spiro atoms. The molecule has 0 aliphatic rings. The van der Waals surface area contributed by atoms with Crippen molar-refractivity contribution in [2.75, 3.05) is 12.3 Å². The Hall–Kier alpha value is -0.780. The lowest BCUT2D eigenvalue weighted by atomic mass is 10.3. The van der Waals surface area contributed by atoms with E-state index >= 15 is 0 Å². The van der Waals surface area contributed by atoms with Gasteiger partial charge >= 0.3 is 0 Å². The maximum Gasteiger partial charge on any atom is 0.245 e. The summed E-state index contributed by atoms with van der Waals surface area (Å²) in [6, 6.07) is 4.34. The summed E-state index contributed by atoms with van der Waals surface area (Å²) in [5.41, 5.74) is 5.92. The largest absolute Gasteiger partial charge is 0.398 e. The van der Waals surface area contributed by atoms with E-state index < -0.39 is 10.0 Å². The first-order valence-corrected chi connectivity index (χ1v) is 7.19. The molecule has 0 amide bonds. The summed E-state index contributed by atoms with van der Waals surface area (Å²) < 4.78 is 26.1. The van der Waals surface area contributed by atoms with Gasteiger partial charge in [-0.1, -0.05) is 18.5 Å². The summed E-state index contributed by atoms with van der Waals surface area (Å²) >= 11 is 5.81. The van der Waals surface area contributed by atoms with Crippen LogP contribution in [0.1, 0.15) is 20.8 Å². The predicted molar refractivity (Wildman–Crippen MR) is 70.6 cm³/mol. The number of nitrogen functional groups attached to an aromatic ring is 1. The lowest BCUT2D eigenvalue weighted by Gasteiger charge is -2.25. The van der Waals surface area contributed by atoms with E-state index in [1.165, 1.54) is 16.4 Å². The molecule has 0 atom stereocenters. The van der Waals surface area contributed by atoms with E-state index in [4.69, 9.17) is 17.3 Å². The Labute approximate surface area is 107 Å². The Bertz CT molecular complexity index is 500. The first kappa shape index (κ1) is 14.3. The molecule has 0 fully saturated rings. The zero-order valence-corrected chi connectivity index (χ0v) is 11.7. The average molecular weight is 277 g/mol. The predicted octanol–water partition coefficient (Wildman–Crippen LogP) is 2.34. The van der Waals surface area contributed by atoms with Crippen molar-refractivity contribution < 1.29 is 8.42 Å². The van der Waals surface area contributed by atoms with Crippen LogP contribution in [0.5, 0.6) is 0 Å². The van der Waals surface area contributed by atoms with Crippen molar-refractivity contribution in [3.8, 4) is 0 Å². The zero-order chi connectivity index (χ0) is 13.2. The Morgan fingerprint density at radius 3 is 2.47 bits per heavy atom. The van der Waals surface area contributed by atoms with Crippen LogP contribution in [-0.4, -0.2) is 25.3 Å². The molecule has 6 heteroatoms. The van der Waals surface area contributed by atoms with Crippen LogP contribution in [0, 0.1) is 0 Å². The highest BCUT2D eigenvalue weighted by Gasteiger charge is 2.27. The van der Waals surface area contributed by atoms with Gasteiger partial charge in [0.1, 0.15) is 4.90 Å². The fraction of sp³-hybridized carbons (Fsp3) is 0.455. The number of nitrogens with two attached hydrogens (primary N) is 1. The molecular formula is C11H17ClN2O2S. The minimum absolute atomic E-state index is 0.0700. The first-order valence-electron chi connectivity index (χ1n) is 5.37. The molecule has 0 aliphatic heterocycles. The molecule has 4 nitrogen and oxygen atoms in total. The zero-order valence-electron chi connectivity index (χ0n) is 10.1. The van der Waals surface area contributed by atoms with Crippen molar-refractivity contribution >= 4 is 27.3 Å². The minimum atomic E-state index is -3.58. The maximum atomic E-state index is 12.4. The third kappa shape index (κ3) is 2.91. The highest BCUT2D eigenvalue weighted by atomic mass is 35.5. The Morgan fingerprint density at radius 2 is 2.00 bits per heavy atom. The van der Waals surface area contributed by atoms with Crippen molar-refractivity contribution in [1.29, 1.82) is 0 Å². The topological polar surface area (TPSA) is 63.4 Å². The number of nitrogens with zero attached hydrogens (tertiary/aromatic N) is 1. The van der Waals surface area contributed by atoms with Crippen LogP contribution in [0.3, 0.4) is 0 Å². The van der Waals surface area contributed by atoms with Crippen LogP contribution in [0.15, 0.2) is 23.1 Å². The van der Waals surface area contributed by atoms with Gasteiger partial charge < -0.3 is 5.73 Å². The van der Waals surface area contributed by atoms with Crippen molar-refractivity contribution in [2.24, 2.45) is 0 Å². The lowest BCUT2D eigenvalue weighted by molar-refractivity contribution is 0.369. The molecule has 96 valence electrons. The number of anilines is 1. The average Bonchev–Trinajstić information content (AvgIpc) is 2.21. The summed E-state index contributed by atoms with van der Waals surface area (Å²) in [6.07, 6.45) is 0. The normalized spacial score (nSPS) is 12.4. The van der Waals surface area contributed by atoms with Crippen LogP contribution < -0.4 is 5.73 Å². The van der Waals surface area contributed by atoms with E-state index in [1.807, 2.05) is 13.8 Å². The maximum absolute atomic E-state index is 12.4. The molecule has 0 unspecified atom stereocenters. The quantitative estimate of drug-likeness (QED) is 0.859. The van der Waals surface area contributed by atoms with Crippen LogP contribution in [0.25, 0.3) is 0 Å². The van der Waals surface area contributed by atoms with Gasteiger partial charge in [-0.05, 0) is 32.0 Å². The highest BCUT2D eigenvalue weighted by molar-refractivity contribution is 7.89. The summed E-state index contributed by atoms with van der Waals surface area (Å²) in [5, 5.41) is 0.359. The lowest BCUT2D eigenvalue weighted by Crippen LogP contribution is -2.37. The Morgan fingerprint density at radius 1 is 1.41 bits per heavy atom. The molecule has 0 bridgehead atoms. The van der Waals surface area contributed by atoms with Crippen molar-refractivity contribution in [1.82, 2.24) is 4.31 Å². The molecule has 0 saturated carbocycles. The van der Waals surface area contributed by atoms with Gasteiger partial charge in [-0.25, -0.2) is 8.42 Å². The fourth-order valence-electron chi connectivity index (χ4n) is 1.67. The number of benzene rings is 1. The summed E-state index contributed by atoms with van der Waals surface area (Å²) in [6.45, 7) is 5.83. The molecule has 17 heavy (non-hydrogen) atoms. The van der Waals surface area contributed by atoms with Gasteiger partial charge in [0.15, 0.2) is 0 Å². The molecular weight excluding hydrogens is 260 g/mol. The van der Waals surface area contributed by atoms with E-state index in [-0.39, 0.29) is 16.6 Å². The number of halogens is 1. The van der Waals surface area contributed by atoms with Gasteiger partial charge in [0, 0.05) is 17.6 Å². The molecule has 2 N–H and O–H groups in total. The SMILES string of the molecule is CCN(C(C)C)S(=O)(=O)c1cc(Cl)ccc1N. The molecule has 0 aromatic heterocycles. The van der Waals surface area contributed by atoms with Gasteiger partial charge in [-0.3, -0.25) is 0 Å². The standard InChI is InChI=1S/C11H17ClN2O2S/c1-4-14(8(2)3)17(15,16)11-7-9(12)5-6-10(11)13/h5-8H,4,13H2,1-3H3. The summed E-state index contributed by atoms with van der Waals surface area (Å²) in [7, 11) is -3.58. The van der Waals surface area contributed by atoms with E-state index in [1.54, 1.807) is 13.0 Å². The van der Waals surface area contributed by atoms with Gasteiger partial charge in [0.25, 0.3) is 0 Å². The summed E-state index contributed by atoms with van der Waals surface area (Å²) in [4.78, 5) is 0.0700. The van der Waals surface area contributed by atoms with E-state index in [0.717, 1.165) is 0 Å². The fourth-order valence-corrected chi connectivity index (χ4v) is 3.70. The summed E-state index contributed by atoms with van der Waals surface area (Å²) in [5.74, 6) is 0. The van der Waals surface area contributed by atoms with Crippen molar-refractivity contribution in [2.45, 2.75) is 31.7 Å². The van der Waals surface area contributed by atoms with Gasteiger partial charge in [0.2, 0.25) is 10.0 Å². The smallest absolute Gasteiger partial charge is 0.245 e. The molecule has 0 radical (unpaired) electrons. The highest BCUT2D eigenvalue weighted by Crippen LogP contribution is 2.26. The van der Waals surface area contributed by atoms with Gasteiger partial charge in [-0.15, -0.1) is 0 Å². The van der Waals surface area contributed by atoms with E-state index in [0.29, 0.717) is 11.6 Å². The second-order valence-corrected chi connectivity index (χ2v) is 6.28. The van der Waals surface area contributed by atoms with Crippen LogP contribution in [0.4, 0.5) is 5.69 Å². The molecule has 1 aromatic carbocycles. The molecule has 0 heterocycles. The Kier molecular flexibility index (Phi) is 4.41. The third-order valence-electron chi connectivity index (χ3n) is 2.45. The van der Waals surface area contributed by atoms with Crippen molar-refractivity contribution in [3.63, 3.8) is 0 Å².